The summed E-state index contributed by atoms with van der Waals surface area (Å²) in [6.07, 6.45) is 3.13. The largest absolute Gasteiger partial charge is 0.464 e. The lowest BCUT2D eigenvalue weighted by Gasteiger charge is -2.03. The number of ether oxygens (including phenoxy) is 1. The fourth-order valence-corrected chi connectivity index (χ4v) is 2.32. The summed E-state index contributed by atoms with van der Waals surface area (Å²) in [6.45, 7) is 1.76. The lowest BCUT2D eigenvalue weighted by Crippen LogP contribution is -2.12. The standard InChI is InChI=1S/C14H15N3O3S/c1-9-12(13(14(19)20-3)16-17(9)2)15-11(18)7-6-10-5-4-8-21-10/h4-8H,1-3H3,(H,15,18)/b7-6+. The normalized spacial score (nSPS) is 10.8. The van der Waals surface area contributed by atoms with Crippen LogP contribution in [0.4, 0.5) is 5.69 Å². The maximum Gasteiger partial charge on any atom is 0.360 e. The molecule has 0 aliphatic carbocycles. The molecule has 2 aromatic rings. The fraction of sp³-hybridized carbons (Fsp3) is 0.214. The number of methoxy groups -OCH3 is 1. The second kappa shape index (κ2) is 6.36. The van der Waals surface area contributed by atoms with E-state index in [0.29, 0.717) is 11.4 Å². The Morgan fingerprint density at radius 1 is 1.48 bits per heavy atom. The highest BCUT2D eigenvalue weighted by molar-refractivity contribution is 7.10. The van der Waals surface area contributed by atoms with Crippen LogP contribution in [0.5, 0.6) is 0 Å². The number of hydrogen-bond acceptors (Lipinski definition) is 5. The van der Waals surface area contributed by atoms with Crippen molar-refractivity contribution in [3.8, 4) is 0 Å². The number of thiophene rings is 1. The van der Waals surface area contributed by atoms with Gasteiger partial charge in [0.05, 0.1) is 18.5 Å². The Bertz CT molecular complexity index is 687. The van der Waals surface area contributed by atoms with Gasteiger partial charge in [0.1, 0.15) is 0 Å². The maximum absolute atomic E-state index is 11.9. The summed E-state index contributed by atoms with van der Waals surface area (Å²) in [5.41, 5.74) is 1.13. The number of nitrogens with one attached hydrogen (secondary N) is 1. The molecule has 0 saturated carbocycles. The number of hydrogen-bond donors (Lipinski definition) is 1. The molecule has 7 heteroatoms. The molecule has 0 aliphatic heterocycles. The molecule has 1 amide bonds. The second-order valence-corrected chi connectivity index (χ2v) is 5.24. The molecule has 6 nitrogen and oxygen atoms in total. The molecule has 0 aliphatic rings. The smallest absolute Gasteiger partial charge is 0.360 e. The van der Waals surface area contributed by atoms with Gasteiger partial charge in [-0.1, -0.05) is 6.07 Å². The molecule has 2 rings (SSSR count). The van der Waals surface area contributed by atoms with Crippen LogP contribution < -0.4 is 5.32 Å². The van der Waals surface area contributed by atoms with Crippen LogP contribution in [0.1, 0.15) is 21.1 Å². The summed E-state index contributed by atoms with van der Waals surface area (Å²) in [5, 5.41) is 8.65. The number of rotatable bonds is 4. The zero-order valence-electron chi connectivity index (χ0n) is 11.9. The molecule has 0 aromatic carbocycles. The first-order valence-corrected chi connectivity index (χ1v) is 7.05. The summed E-state index contributed by atoms with van der Waals surface area (Å²) in [6, 6.07) is 3.81. The quantitative estimate of drug-likeness (QED) is 0.694. The molecule has 0 saturated heterocycles. The van der Waals surface area contributed by atoms with E-state index in [9.17, 15) is 9.59 Å². The van der Waals surface area contributed by atoms with E-state index in [-0.39, 0.29) is 11.6 Å². The summed E-state index contributed by atoms with van der Waals surface area (Å²) in [7, 11) is 2.97. The van der Waals surface area contributed by atoms with E-state index in [4.69, 9.17) is 0 Å². The molecule has 110 valence electrons. The van der Waals surface area contributed by atoms with E-state index < -0.39 is 5.97 Å². The van der Waals surface area contributed by atoms with E-state index in [2.05, 4.69) is 15.2 Å². The van der Waals surface area contributed by atoms with Crippen molar-refractivity contribution in [2.45, 2.75) is 6.92 Å². The lowest BCUT2D eigenvalue weighted by atomic mass is 10.3. The van der Waals surface area contributed by atoms with Gasteiger partial charge >= 0.3 is 5.97 Å². The number of esters is 1. The van der Waals surface area contributed by atoms with Gasteiger partial charge in [-0.3, -0.25) is 9.48 Å². The third kappa shape index (κ3) is 3.38. The predicted octanol–water partition coefficient (Wildman–Crippen LogP) is 2.23. The van der Waals surface area contributed by atoms with E-state index in [1.165, 1.54) is 29.2 Å². The number of aromatic nitrogens is 2. The maximum atomic E-state index is 11.9. The Morgan fingerprint density at radius 2 is 2.24 bits per heavy atom. The van der Waals surface area contributed by atoms with Crippen LogP contribution in [-0.2, 0) is 16.6 Å². The van der Waals surface area contributed by atoms with Gasteiger partial charge in [-0.2, -0.15) is 5.10 Å². The predicted molar refractivity (Wildman–Crippen MR) is 81.3 cm³/mol. The lowest BCUT2D eigenvalue weighted by molar-refractivity contribution is -0.111. The zero-order chi connectivity index (χ0) is 15.4. The molecular weight excluding hydrogens is 290 g/mol. The van der Waals surface area contributed by atoms with Crippen LogP contribution in [0.25, 0.3) is 6.08 Å². The first kappa shape index (κ1) is 15.0. The topological polar surface area (TPSA) is 73.2 Å². The van der Waals surface area contributed by atoms with E-state index in [1.54, 1.807) is 20.0 Å². The summed E-state index contributed by atoms with van der Waals surface area (Å²) >= 11 is 1.53. The minimum absolute atomic E-state index is 0.0929. The van der Waals surface area contributed by atoms with Crippen LogP contribution >= 0.6 is 11.3 Å². The van der Waals surface area contributed by atoms with Gasteiger partial charge in [-0.25, -0.2) is 4.79 Å². The van der Waals surface area contributed by atoms with Gasteiger partial charge in [0.15, 0.2) is 5.69 Å². The van der Waals surface area contributed by atoms with Crippen molar-refractivity contribution in [1.29, 1.82) is 0 Å². The molecule has 2 heterocycles. The Kier molecular flexibility index (Phi) is 4.54. The average molecular weight is 305 g/mol. The van der Waals surface area contributed by atoms with Gasteiger partial charge in [-0.05, 0) is 24.4 Å². The Labute approximate surface area is 126 Å². The molecule has 0 atom stereocenters. The molecule has 0 radical (unpaired) electrons. The SMILES string of the molecule is COC(=O)c1nn(C)c(C)c1NC(=O)/C=C/c1cccs1. The van der Waals surface area contributed by atoms with Gasteiger partial charge < -0.3 is 10.1 Å². The van der Waals surface area contributed by atoms with Gasteiger partial charge in [0, 0.05) is 18.0 Å². The van der Waals surface area contributed by atoms with Crippen molar-refractivity contribution in [3.05, 3.63) is 39.9 Å². The molecule has 0 spiro atoms. The molecular formula is C14H15N3O3S. The minimum atomic E-state index is -0.587. The second-order valence-electron chi connectivity index (χ2n) is 4.26. The van der Waals surface area contributed by atoms with Crippen molar-refractivity contribution in [2.24, 2.45) is 7.05 Å². The highest BCUT2D eigenvalue weighted by Gasteiger charge is 2.21. The number of carbonyl (C=O) groups is 2. The third-order valence-electron chi connectivity index (χ3n) is 2.90. The Morgan fingerprint density at radius 3 is 2.86 bits per heavy atom. The van der Waals surface area contributed by atoms with Gasteiger partial charge in [0.25, 0.3) is 0 Å². The fourth-order valence-electron chi connectivity index (χ4n) is 1.71. The Hall–Kier alpha value is -2.41. The van der Waals surface area contributed by atoms with Crippen molar-refractivity contribution in [1.82, 2.24) is 9.78 Å². The average Bonchev–Trinajstić information content (AvgIpc) is 3.08. The minimum Gasteiger partial charge on any atom is -0.464 e. The third-order valence-corrected chi connectivity index (χ3v) is 3.74. The van der Waals surface area contributed by atoms with Crippen LogP contribution in [0.2, 0.25) is 0 Å². The number of aryl methyl sites for hydroxylation is 1. The van der Waals surface area contributed by atoms with Crippen molar-refractivity contribution in [2.75, 3.05) is 12.4 Å². The van der Waals surface area contributed by atoms with Crippen LogP contribution in [0, 0.1) is 6.92 Å². The molecule has 0 bridgehead atoms. The van der Waals surface area contributed by atoms with E-state index in [1.807, 2.05) is 17.5 Å². The first-order valence-electron chi connectivity index (χ1n) is 6.17. The van der Waals surface area contributed by atoms with Crippen LogP contribution in [0.15, 0.2) is 23.6 Å². The summed E-state index contributed by atoms with van der Waals surface area (Å²) in [4.78, 5) is 24.6. The Balaban J connectivity index is 2.19. The first-order chi connectivity index (χ1) is 10.0. The molecule has 0 fully saturated rings. The van der Waals surface area contributed by atoms with E-state index in [0.717, 1.165) is 4.88 Å². The van der Waals surface area contributed by atoms with Crippen LogP contribution in [-0.4, -0.2) is 28.8 Å². The number of amides is 1. The highest BCUT2D eigenvalue weighted by Crippen LogP contribution is 2.20. The summed E-state index contributed by atoms with van der Waals surface area (Å²) < 4.78 is 6.18. The molecule has 21 heavy (non-hydrogen) atoms. The van der Waals surface area contributed by atoms with Crippen molar-refractivity contribution in [3.63, 3.8) is 0 Å². The van der Waals surface area contributed by atoms with Gasteiger partial charge in [0.2, 0.25) is 5.91 Å². The summed E-state index contributed by atoms with van der Waals surface area (Å²) in [5.74, 6) is -0.916. The zero-order valence-corrected chi connectivity index (χ0v) is 12.7. The van der Waals surface area contributed by atoms with Crippen LogP contribution in [0.3, 0.4) is 0 Å². The van der Waals surface area contributed by atoms with E-state index >= 15 is 0 Å². The van der Waals surface area contributed by atoms with Gasteiger partial charge in [-0.15, -0.1) is 11.3 Å². The highest BCUT2D eigenvalue weighted by atomic mass is 32.1. The monoisotopic (exact) mass is 305 g/mol. The molecule has 0 unspecified atom stereocenters. The molecule has 1 N–H and O–H groups in total. The number of carbonyl (C=O) groups excluding carboxylic acids is 2. The number of nitrogens with zero attached hydrogens (tertiary/aromatic N) is 2. The van der Waals surface area contributed by atoms with Crippen molar-refractivity contribution >= 4 is 35.0 Å². The van der Waals surface area contributed by atoms with Crippen molar-refractivity contribution < 1.29 is 14.3 Å². The number of anilines is 1. The molecule has 2 aromatic heterocycles.